The van der Waals surface area contributed by atoms with Gasteiger partial charge in [-0.1, -0.05) is 78.4 Å². The van der Waals surface area contributed by atoms with Crippen LogP contribution in [-0.2, 0) is 14.4 Å². The molecule has 0 spiro atoms. The van der Waals surface area contributed by atoms with E-state index >= 15 is 0 Å². The molecule has 3 aromatic rings. The van der Waals surface area contributed by atoms with Gasteiger partial charge in [0.15, 0.2) is 0 Å². The first kappa shape index (κ1) is 24.8. The Morgan fingerprint density at radius 3 is 1.95 bits per heavy atom. The Balaban J connectivity index is 1.18. The van der Waals surface area contributed by atoms with Gasteiger partial charge in [0.25, 0.3) is 0 Å². The van der Waals surface area contributed by atoms with E-state index in [1.54, 1.807) is 4.90 Å². The highest BCUT2D eigenvalue weighted by atomic mass is 16.2. The summed E-state index contributed by atoms with van der Waals surface area (Å²) in [6, 6.07) is 27.6. The highest BCUT2D eigenvalue weighted by Gasteiger charge is 2.38. The fourth-order valence-corrected chi connectivity index (χ4v) is 5.38. The molecular formula is C31H33N3O3. The number of hydrogen-bond acceptors (Lipinski definition) is 3. The molecule has 2 fully saturated rings. The molecule has 2 saturated heterocycles. The third-order valence-corrected chi connectivity index (χ3v) is 7.55. The summed E-state index contributed by atoms with van der Waals surface area (Å²) in [6.45, 7) is 3.49. The maximum atomic E-state index is 13.3. The van der Waals surface area contributed by atoms with Crippen LogP contribution < -0.4 is 10.2 Å². The SMILES string of the molecule is Cc1ccc(N2C[C@@H](C(=O)N3CCC(C(=O)NC(c4ccccc4)c4ccccc4)CC3)CC2=O)cc1. The minimum atomic E-state index is -0.334. The van der Waals surface area contributed by atoms with E-state index in [0.29, 0.717) is 32.5 Å². The van der Waals surface area contributed by atoms with Crippen LogP contribution in [-0.4, -0.2) is 42.3 Å². The first-order valence-electron chi connectivity index (χ1n) is 13.1. The molecule has 37 heavy (non-hydrogen) atoms. The molecule has 0 bridgehead atoms. The lowest BCUT2D eigenvalue weighted by Gasteiger charge is -2.33. The Morgan fingerprint density at radius 2 is 1.38 bits per heavy atom. The molecular weight excluding hydrogens is 462 g/mol. The van der Waals surface area contributed by atoms with Crippen molar-refractivity contribution in [3.63, 3.8) is 0 Å². The average molecular weight is 496 g/mol. The van der Waals surface area contributed by atoms with Gasteiger partial charge in [-0.2, -0.15) is 0 Å². The summed E-state index contributed by atoms with van der Waals surface area (Å²) in [5.74, 6) is -0.447. The van der Waals surface area contributed by atoms with Crippen LogP contribution >= 0.6 is 0 Å². The van der Waals surface area contributed by atoms with Gasteiger partial charge in [-0.25, -0.2) is 0 Å². The predicted molar refractivity (Wildman–Crippen MR) is 144 cm³/mol. The number of likely N-dealkylation sites (tertiary alicyclic amines) is 1. The number of anilines is 1. The first-order valence-corrected chi connectivity index (χ1v) is 13.1. The molecule has 1 N–H and O–H groups in total. The van der Waals surface area contributed by atoms with Crippen LogP contribution in [0.1, 0.15) is 42.0 Å². The number of hydrogen-bond donors (Lipinski definition) is 1. The van der Waals surface area contributed by atoms with Crippen molar-refractivity contribution in [2.45, 2.75) is 32.2 Å². The van der Waals surface area contributed by atoms with Crippen molar-refractivity contribution < 1.29 is 14.4 Å². The molecule has 2 heterocycles. The molecule has 5 rings (SSSR count). The normalized spacial score (nSPS) is 18.3. The van der Waals surface area contributed by atoms with E-state index in [4.69, 9.17) is 0 Å². The fourth-order valence-electron chi connectivity index (χ4n) is 5.38. The Labute approximate surface area is 218 Å². The zero-order valence-electron chi connectivity index (χ0n) is 21.2. The Bertz CT molecular complexity index is 1200. The van der Waals surface area contributed by atoms with Crippen LogP contribution in [0, 0.1) is 18.8 Å². The molecule has 0 aliphatic carbocycles. The van der Waals surface area contributed by atoms with Crippen molar-refractivity contribution in [3.05, 3.63) is 102 Å². The maximum Gasteiger partial charge on any atom is 0.228 e. The monoisotopic (exact) mass is 495 g/mol. The van der Waals surface area contributed by atoms with Gasteiger partial charge >= 0.3 is 0 Å². The second-order valence-corrected chi connectivity index (χ2v) is 10.1. The molecule has 6 nitrogen and oxygen atoms in total. The predicted octanol–water partition coefficient (Wildman–Crippen LogP) is 4.49. The fraction of sp³-hybridized carbons (Fsp3) is 0.323. The van der Waals surface area contributed by atoms with Crippen LogP contribution in [0.2, 0.25) is 0 Å². The Kier molecular flexibility index (Phi) is 7.35. The lowest BCUT2D eigenvalue weighted by molar-refractivity contribution is -0.139. The standard InChI is InChI=1S/C31H33N3O3/c1-22-12-14-27(15-13-22)34-21-26(20-28(34)35)31(37)33-18-16-25(17-19-33)30(36)32-29(23-8-4-2-5-9-23)24-10-6-3-7-11-24/h2-15,25-26,29H,16-21H2,1H3,(H,32,36)/t26-/m0/s1. The molecule has 3 amide bonds. The molecule has 2 aliphatic rings. The molecule has 2 aliphatic heterocycles. The summed E-state index contributed by atoms with van der Waals surface area (Å²) < 4.78 is 0. The van der Waals surface area contributed by atoms with Crippen LogP contribution in [0.3, 0.4) is 0 Å². The largest absolute Gasteiger partial charge is 0.345 e. The quantitative estimate of drug-likeness (QED) is 0.548. The summed E-state index contributed by atoms with van der Waals surface area (Å²) in [5.41, 5.74) is 4.05. The van der Waals surface area contributed by atoms with Crippen molar-refractivity contribution in [2.24, 2.45) is 11.8 Å². The van der Waals surface area contributed by atoms with Crippen LogP contribution in [0.4, 0.5) is 5.69 Å². The maximum absolute atomic E-state index is 13.3. The second kappa shape index (κ2) is 11.0. The topological polar surface area (TPSA) is 69.7 Å². The molecule has 1 atom stereocenters. The number of nitrogens with zero attached hydrogens (tertiary/aromatic N) is 2. The van der Waals surface area contributed by atoms with Gasteiger partial charge in [0.2, 0.25) is 17.7 Å². The molecule has 6 heteroatoms. The molecule has 190 valence electrons. The molecule has 0 unspecified atom stereocenters. The summed E-state index contributed by atoms with van der Waals surface area (Å²) >= 11 is 0. The summed E-state index contributed by atoms with van der Waals surface area (Å²) in [7, 11) is 0. The van der Waals surface area contributed by atoms with Crippen molar-refractivity contribution in [2.75, 3.05) is 24.5 Å². The summed E-state index contributed by atoms with van der Waals surface area (Å²) in [4.78, 5) is 42.7. The van der Waals surface area contributed by atoms with Crippen molar-refractivity contribution in [3.8, 4) is 0 Å². The third-order valence-electron chi connectivity index (χ3n) is 7.55. The molecule has 0 saturated carbocycles. The second-order valence-electron chi connectivity index (χ2n) is 10.1. The van der Waals surface area contributed by atoms with Gasteiger partial charge in [-0.05, 0) is 43.0 Å². The number of carbonyl (C=O) groups is 3. The Morgan fingerprint density at radius 1 is 0.811 bits per heavy atom. The number of amides is 3. The van der Waals surface area contributed by atoms with Gasteiger partial charge in [0, 0.05) is 37.7 Å². The number of piperidine rings is 1. The van der Waals surface area contributed by atoms with E-state index in [1.807, 2.05) is 96.8 Å². The van der Waals surface area contributed by atoms with Crippen molar-refractivity contribution in [1.29, 1.82) is 0 Å². The van der Waals surface area contributed by atoms with Gasteiger partial charge in [0.1, 0.15) is 0 Å². The molecule has 0 aromatic heterocycles. The van der Waals surface area contributed by atoms with E-state index in [9.17, 15) is 14.4 Å². The summed E-state index contributed by atoms with van der Waals surface area (Å²) in [5, 5.41) is 3.26. The van der Waals surface area contributed by atoms with E-state index in [1.165, 1.54) is 0 Å². The van der Waals surface area contributed by atoms with Gasteiger partial charge < -0.3 is 15.1 Å². The number of carbonyl (C=O) groups excluding carboxylic acids is 3. The highest BCUT2D eigenvalue weighted by Crippen LogP contribution is 2.29. The van der Waals surface area contributed by atoms with E-state index in [0.717, 1.165) is 22.4 Å². The van der Waals surface area contributed by atoms with Crippen molar-refractivity contribution >= 4 is 23.4 Å². The smallest absolute Gasteiger partial charge is 0.228 e. The van der Waals surface area contributed by atoms with E-state index < -0.39 is 0 Å². The van der Waals surface area contributed by atoms with Crippen LogP contribution in [0.25, 0.3) is 0 Å². The number of rotatable bonds is 6. The van der Waals surface area contributed by atoms with Crippen LogP contribution in [0.15, 0.2) is 84.9 Å². The van der Waals surface area contributed by atoms with Crippen molar-refractivity contribution in [1.82, 2.24) is 10.2 Å². The summed E-state index contributed by atoms with van der Waals surface area (Å²) in [6.07, 6.45) is 1.48. The zero-order valence-corrected chi connectivity index (χ0v) is 21.2. The average Bonchev–Trinajstić information content (AvgIpc) is 3.34. The van der Waals surface area contributed by atoms with E-state index in [-0.39, 0.29) is 42.0 Å². The highest BCUT2D eigenvalue weighted by molar-refractivity contribution is 6.00. The van der Waals surface area contributed by atoms with Crippen LogP contribution in [0.5, 0.6) is 0 Å². The number of benzene rings is 3. The zero-order chi connectivity index (χ0) is 25.8. The Hall–Kier alpha value is -3.93. The first-order chi connectivity index (χ1) is 18.0. The molecule has 3 aromatic carbocycles. The van der Waals surface area contributed by atoms with Gasteiger partial charge in [-0.3, -0.25) is 14.4 Å². The third kappa shape index (κ3) is 5.58. The van der Waals surface area contributed by atoms with Gasteiger partial charge in [-0.15, -0.1) is 0 Å². The minimum absolute atomic E-state index is 0.00988. The van der Waals surface area contributed by atoms with E-state index in [2.05, 4.69) is 5.32 Å². The molecule has 0 radical (unpaired) electrons. The minimum Gasteiger partial charge on any atom is -0.345 e. The lowest BCUT2D eigenvalue weighted by atomic mass is 9.92. The van der Waals surface area contributed by atoms with Gasteiger partial charge in [0.05, 0.1) is 12.0 Å². The number of nitrogens with one attached hydrogen (secondary N) is 1. The lowest BCUT2D eigenvalue weighted by Crippen LogP contribution is -2.46. The number of aryl methyl sites for hydroxylation is 1.